The van der Waals surface area contributed by atoms with Crippen LogP contribution in [0.15, 0.2) is 223 Å². The van der Waals surface area contributed by atoms with E-state index in [4.69, 9.17) is 14.4 Å². The molecular formula is C61H42N2O. The lowest BCUT2D eigenvalue weighted by Crippen LogP contribution is -2.14. The molecule has 0 saturated heterocycles. The number of benzene rings is 9. The molecule has 0 fully saturated rings. The van der Waals surface area contributed by atoms with Crippen molar-refractivity contribution < 1.29 is 4.42 Å². The molecular weight excluding hydrogens is 777 g/mol. The summed E-state index contributed by atoms with van der Waals surface area (Å²) in [4.78, 5) is 10.6. The minimum Gasteiger partial charge on any atom is -0.456 e. The van der Waals surface area contributed by atoms with E-state index in [1.54, 1.807) is 0 Å². The van der Waals surface area contributed by atoms with E-state index in [-0.39, 0.29) is 5.41 Å². The molecule has 2 aromatic heterocycles. The van der Waals surface area contributed by atoms with Crippen molar-refractivity contribution >= 4 is 21.9 Å². The zero-order chi connectivity index (χ0) is 42.8. The van der Waals surface area contributed by atoms with Gasteiger partial charge in [-0.2, -0.15) is 0 Å². The van der Waals surface area contributed by atoms with Gasteiger partial charge in [0.1, 0.15) is 11.2 Å². The molecule has 0 radical (unpaired) electrons. The third kappa shape index (κ3) is 6.53. The Labute approximate surface area is 373 Å². The molecule has 64 heavy (non-hydrogen) atoms. The number of rotatable bonds is 7. The van der Waals surface area contributed by atoms with Crippen LogP contribution < -0.4 is 0 Å². The number of nitrogens with zero attached hydrogens (tertiary/aromatic N) is 2. The monoisotopic (exact) mass is 818 g/mol. The molecule has 11 aromatic rings. The quantitative estimate of drug-likeness (QED) is 0.161. The summed E-state index contributed by atoms with van der Waals surface area (Å²) in [5.74, 6) is 0.682. The van der Waals surface area contributed by atoms with Crippen molar-refractivity contribution in [1.29, 1.82) is 0 Å². The molecule has 0 unspecified atom stereocenters. The van der Waals surface area contributed by atoms with Gasteiger partial charge in [0.15, 0.2) is 5.82 Å². The van der Waals surface area contributed by atoms with Gasteiger partial charge >= 0.3 is 0 Å². The third-order valence-corrected chi connectivity index (χ3v) is 13.1. The Hall–Kier alpha value is -8.14. The number of hydrogen-bond donors (Lipinski definition) is 0. The molecule has 0 aliphatic heterocycles. The molecule has 1 aliphatic carbocycles. The van der Waals surface area contributed by atoms with Gasteiger partial charge in [0.05, 0.1) is 11.4 Å². The molecule has 9 aromatic carbocycles. The van der Waals surface area contributed by atoms with Crippen molar-refractivity contribution in [1.82, 2.24) is 9.97 Å². The van der Waals surface area contributed by atoms with Crippen LogP contribution in [0.1, 0.15) is 25.0 Å². The molecule has 0 bridgehead atoms. The second-order valence-electron chi connectivity index (χ2n) is 17.4. The van der Waals surface area contributed by atoms with Crippen LogP contribution in [0.5, 0.6) is 0 Å². The van der Waals surface area contributed by atoms with Gasteiger partial charge in [-0.1, -0.05) is 178 Å². The lowest BCUT2D eigenvalue weighted by atomic mass is 9.82. The highest BCUT2D eigenvalue weighted by molar-refractivity contribution is 6.06. The molecule has 1 aliphatic rings. The van der Waals surface area contributed by atoms with Gasteiger partial charge in [0.25, 0.3) is 0 Å². The van der Waals surface area contributed by atoms with Gasteiger partial charge in [0.2, 0.25) is 0 Å². The fraction of sp³-hybridized carbons (Fsp3) is 0.0492. The summed E-state index contributed by atoms with van der Waals surface area (Å²) in [5.41, 5.74) is 21.0. The van der Waals surface area contributed by atoms with E-state index < -0.39 is 0 Å². The van der Waals surface area contributed by atoms with Gasteiger partial charge in [-0.25, -0.2) is 9.97 Å². The summed E-state index contributed by atoms with van der Waals surface area (Å²) in [5, 5.41) is 2.20. The molecule has 0 atom stereocenters. The Morgan fingerprint density at radius 2 is 0.812 bits per heavy atom. The average Bonchev–Trinajstić information content (AvgIpc) is 3.85. The van der Waals surface area contributed by atoms with E-state index >= 15 is 0 Å². The molecule has 12 rings (SSSR count). The highest BCUT2D eigenvalue weighted by Gasteiger charge is 2.35. The van der Waals surface area contributed by atoms with Crippen molar-refractivity contribution in [3.63, 3.8) is 0 Å². The molecule has 3 heteroatoms. The second kappa shape index (κ2) is 15.0. The number of fused-ring (bicyclic) bond motifs is 6. The first-order chi connectivity index (χ1) is 31.4. The van der Waals surface area contributed by atoms with Crippen LogP contribution >= 0.6 is 0 Å². The minimum atomic E-state index is -0.0235. The van der Waals surface area contributed by atoms with E-state index in [1.807, 2.05) is 30.3 Å². The summed E-state index contributed by atoms with van der Waals surface area (Å²) in [7, 11) is 0. The smallest absolute Gasteiger partial charge is 0.160 e. The lowest BCUT2D eigenvalue weighted by molar-refractivity contribution is 0.660. The maximum atomic E-state index is 6.25. The van der Waals surface area contributed by atoms with Crippen molar-refractivity contribution in [2.45, 2.75) is 19.3 Å². The van der Waals surface area contributed by atoms with Crippen LogP contribution in [-0.2, 0) is 5.41 Å². The van der Waals surface area contributed by atoms with E-state index in [0.717, 1.165) is 72.3 Å². The Bertz CT molecular complexity index is 3560. The van der Waals surface area contributed by atoms with Crippen LogP contribution in [0.2, 0.25) is 0 Å². The average molecular weight is 819 g/mol. The second-order valence-corrected chi connectivity index (χ2v) is 17.4. The highest BCUT2D eigenvalue weighted by atomic mass is 16.3. The summed E-state index contributed by atoms with van der Waals surface area (Å²) >= 11 is 0. The maximum Gasteiger partial charge on any atom is 0.160 e. The van der Waals surface area contributed by atoms with Gasteiger partial charge < -0.3 is 4.42 Å². The summed E-state index contributed by atoms with van der Waals surface area (Å²) in [6.07, 6.45) is 0. The summed E-state index contributed by atoms with van der Waals surface area (Å²) < 4.78 is 6.25. The van der Waals surface area contributed by atoms with Gasteiger partial charge in [-0.15, -0.1) is 0 Å². The topological polar surface area (TPSA) is 38.9 Å². The van der Waals surface area contributed by atoms with Crippen LogP contribution in [0.3, 0.4) is 0 Å². The van der Waals surface area contributed by atoms with E-state index in [9.17, 15) is 0 Å². The van der Waals surface area contributed by atoms with E-state index in [0.29, 0.717) is 5.82 Å². The molecule has 0 amide bonds. The number of para-hydroxylation sites is 1. The Kier molecular flexibility index (Phi) is 8.84. The van der Waals surface area contributed by atoms with Crippen molar-refractivity contribution in [3.05, 3.63) is 230 Å². The predicted octanol–water partition coefficient (Wildman–Crippen LogP) is 16.4. The maximum absolute atomic E-state index is 6.25. The lowest BCUT2D eigenvalue weighted by Gasteiger charge is -2.21. The Balaban J connectivity index is 0.995. The van der Waals surface area contributed by atoms with Crippen LogP contribution in [0.4, 0.5) is 0 Å². The standard InChI is InChI=1S/C61H42N2O/c1-61(2)54-22-11-9-20-50(54)52-36-45(28-30-55(52)61)40-24-26-41(27-25-40)56-38-57(63-60(62-56)42-16-7-4-8-17-42)49-34-47(44-19-13-18-43(32-44)39-14-5-3-6-15-39)33-48(35-49)46-29-31-59-53(37-46)51-21-10-12-23-58(51)64-59/h3-38H,1-2H3. The molecule has 0 saturated carbocycles. The van der Waals surface area contributed by atoms with Crippen molar-refractivity contribution in [2.24, 2.45) is 0 Å². The van der Waals surface area contributed by atoms with Crippen LogP contribution in [0.25, 0.3) is 111 Å². The zero-order valence-corrected chi connectivity index (χ0v) is 35.6. The van der Waals surface area contributed by atoms with Crippen molar-refractivity contribution in [2.75, 3.05) is 0 Å². The molecule has 0 N–H and O–H groups in total. The SMILES string of the molecule is CC1(C)c2ccccc2-c2cc(-c3ccc(-c4cc(-c5cc(-c6cccc(-c7ccccc7)c6)cc(-c6ccc7oc8ccccc8c7c6)c5)nc(-c5ccccc5)n4)cc3)ccc21. The minimum absolute atomic E-state index is 0.0235. The predicted molar refractivity (Wildman–Crippen MR) is 265 cm³/mol. The number of aromatic nitrogens is 2. The summed E-state index contributed by atoms with van der Waals surface area (Å²) in [6.45, 7) is 4.65. The fourth-order valence-corrected chi connectivity index (χ4v) is 9.72. The van der Waals surface area contributed by atoms with E-state index in [1.165, 1.54) is 44.5 Å². The Morgan fingerprint density at radius 3 is 1.59 bits per heavy atom. The molecule has 302 valence electrons. The normalized spacial score (nSPS) is 12.7. The van der Waals surface area contributed by atoms with Gasteiger partial charge in [0, 0.05) is 32.9 Å². The van der Waals surface area contributed by atoms with Crippen LogP contribution in [-0.4, -0.2) is 9.97 Å². The first-order valence-electron chi connectivity index (χ1n) is 22.0. The zero-order valence-electron chi connectivity index (χ0n) is 35.6. The third-order valence-electron chi connectivity index (χ3n) is 13.1. The summed E-state index contributed by atoms with van der Waals surface area (Å²) in [6, 6.07) is 78.0. The van der Waals surface area contributed by atoms with Gasteiger partial charge in [-0.05, 0) is 121 Å². The first kappa shape index (κ1) is 37.6. The van der Waals surface area contributed by atoms with Crippen LogP contribution in [0, 0.1) is 0 Å². The van der Waals surface area contributed by atoms with E-state index in [2.05, 4.69) is 202 Å². The largest absolute Gasteiger partial charge is 0.456 e. The highest BCUT2D eigenvalue weighted by Crippen LogP contribution is 2.49. The van der Waals surface area contributed by atoms with Gasteiger partial charge in [-0.3, -0.25) is 0 Å². The first-order valence-corrected chi connectivity index (χ1v) is 22.0. The molecule has 3 nitrogen and oxygen atoms in total. The molecule has 2 heterocycles. The fourth-order valence-electron chi connectivity index (χ4n) is 9.72. The van der Waals surface area contributed by atoms with Crippen molar-refractivity contribution in [3.8, 4) is 89.5 Å². The number of hydrogen-bond acceptors (Lipinski definition) is 3. The Morgan fingerprint density at radius 1 is 0.312 bits per heavy atom. The number of furan rings is 1. The molecule has 0 spiro atoms.